The number of rotatable bonds is 4. The van der Waals surface area contributed by atoms with Gasteiger partial charge in [-0.3, -0.25) is 4.79 Å². The highest BCUT2D eigenvalue weighted by molar-refractivity contribution is 9.10. The minimum absolute atomic E-state index is 0.0901. The monoisotopic (exact) mass is 383 g/mol. The maximum absolute atomic E-state index is 12.1. The number of hydrogen-bond acceptors (Lipinski definition) is 3. The molecule has 0 unspecified atom stereocenters. The fraction of sp³-hybridized carbons (Fsp3) is 0. The molecule has 1 heterocycles. The van der Waals surface area contributed by atoms with E-state index in [1.807, 2.05) is 41.2 Å². The molecule has 0 fully saturated rings. The molecular weight excluding hydrogens is 370 g/mol. The number of amides is 1. The summed E-state index contributed by atoms with van der Waals surface area (Å²) in [5.74, 6) is -0.230. The number of benzene rings is 2. The molecule has 5 nitrogen and oxygen atoms in total. The molecular formula is C18H14BrN3O2. The second kappa shape index (κ2) is 7.14. The van der Waals surface area contributed by atoms with Crippen molar-refractivity contribution in [3.8, 4) is 11.4 Å². The van der Waals surface area contributed by atoms with Crippen LogP contribution in [0.4, 0.5) is 0 Å². The Balaban J connectivity index is 1.66. The average Bonchev–Trinajstić information content (AvgIpc) is 3.12. The lowest BCUT2D eigenvalue weighted by Gasteiger charge is -2.04. The van der Waals surface area contributed by atoms with Gasteiger partial charge in [0.25, 0.3) is 5.91 Å². The summed E-state index contributed by atoms with van der Waals surface area (Å²) < 4.78 is 2.77. The highest BCUT2D eigenvalue weighted by Crippen LogP contribution is 2.20. The number of carbonyl (C=O) groups excluding carboxylic acids is 1. The first kappa shape index (κ1) is 16.0. The summed E-state index contributed by atoms with van der Waals surface area (Å²) in [4.78, 5) is 12.1. The summed E-state index contributed by atoms with van der Waals surface area (Å²) in [6.07, 6.45) is 5.26. The third-order valence-corrected chi connectivity index (χ3v) is 3.88. The number of aromatic hydroxyl groups is 1. The summed E-state index contributed by atoms with van der Waals surface area (Å²) in [7, 11) is 0. The van der Waals surface area contributed by atoms with E-state index in [9.17, 15) is 9.90 Å². The van der Waals surface area contributed by atoms with Crippen LogP contribution < -0.4 is 5.43 Å². The van der Waals surface area contributed by atoms with Crippen LogP contribution in [0.15, 0.2) is 76.6 Å². The summed E-state index contributed by atoms with van der Waals surface area (Å²) in [6, 6.07) is 16.0. The molecule has 3 aromatic rings. The number of halogens is 1. The van der Waals surface area contributed by atoms with Crippen molar-refractivity contribution in [2.24, 2.45) is 5.10 Å². The number of hydrogen-bond donors (Lipinski definition) is 2. The first-order valence-electron chi connectivity index (χ1n) is 7.19. The van der Waals surface area contributed by atoms with Gasteiger partial charge in [0.15, 0.2) is 0 Å². The molecule has 2 N–H and O–H groups in total. The van der Waals surface area contributed by atoms with Crippen molar-refractivity contribution in [2.45, 2.75) is 0 Å². The lowest BCUT2D eigenvalue weighted by molar-refractivity contribution is 0.0955. The fourth-order valence-electron chi connectivity index (χ4n) is 2.15. The van der Waals surface area contributed by atoms with Crippen LogP contribution >= 0.6 is 15.9 Å². The standard InChI is InChI=1S/C18H14BrN3O2/c19-15-5-8-17(23)14(11-15)12-20-21-18(24)13-3-6-16(7-4-13)22-9-1-2-10-22/h1-12,23H,(H,21,24)/b20-12+. The molecule has 0 spiro atoms. The van der Waals surface area contributed by atoms with Crippen molar-refractivity contribution >= 4 is 28.1 Å². The second-order valence-corrected chi connectivity index (χ2v) is 5.96. The van der Waals surface area contributed by atoms with Gasteiger partial charge in [-0.25, -0.2) is 5.43 Å². The van der Waals surface area contributed by atoms with Gasteiger partial charge in [0, 0.05) is 33.7 Å². The molecule has 6 heteroatoms. The van der Waals surface area contributed by atoms with E-state index in [0.717, 1.165) is 10.2 Å². The van der Waals surface area contributed by atoms with Gasteiger partial charge in [-0.05, 0) is 54.6 Å². The number of nitrogens with one attached hydrogen (secondary N) is 1. The Kier molecular flexibility index (Phi) is 4.77. The topological polar surface area (TPSA) is 66.6 Å². The largest absolute Gasteiger partial charge is 0.507 e. The van der Waals surface area contributed by atoms with Crippen molar-refractivity contribution in [2.75, 3.05) is 0 Å². The van der Waals surface area contributed by atoms with Crippen LogP contribution in [0.2, 0.25) is 0 Å². The van der Waals surface area contributed by atoms with E-state index in [0.29, 0.717) is 11.1 Å². The predicted molar refractivity (Wildman–Crippen MR) is 96.6 cm³/mol. The van der Waals surface area contributed by atoms with Gasteiger partial charge >= 0.3 is 0 Å². The molecule has 24 heavy (non-hydrogen) atoms. The highest BCUT2D eigenvalue weighted by Gasteiger charge is 2.05. The number of carbonyl (C=O) groups is 1. The average molecular weight is 384 g/mol. The lowest BCUT2D eigenvalue weighted by atomic mass is 10.2. The molecule has 1 aromatic heterocycles. The van der Waals surface area contributed by atoms with Gasteiger partial charge in [-0.1, -0.05) is 15.9 Å². The van der Waals surface area contributed by atoms with E-state index in [1.54, 1.807) is 30.3 Å². The van der Waals surface area contributed by atoms with Gasteiger partial charge in [-0.2, -0.15) is 5.10 Å². The summed E-state index contributed by atoms with van der Waals surface area (Å²) in [6.45, 7) is 0. The molecule has 0 aliphatic heterocycles. The Morgan fingerprint density at radius 2 is 1.83 bits per heavy atom. The Morgan fingerprint density at radius 3 is 2.54 bits per heavy atom. The zero-order valence-electron chi connectivity index (χ0n) is 12.6. The van der Waals surface area contributed by atoms with E-state index < -0.39 is 0 Å². The molecule has 2 aromatic carbocycles. The SMILES string of the molecule is O=C(N/N=C/c1cc(Br)ccc1O)c1ccc(-n2cccc2)cc1. The number of phenols is 1. The van der Waals surface area contributed by atoms with Gasteiger partial charge in [0.1, 0.15) is 5.75 Å². The van der Waals surface area contributed by atoms with Crippen molar-refractivity contribution in [3.05, 3.63) is 82.6 Å². The minimum Gasteiger partial charge on any atom is -0.507 e. The first-order chi connectivity index (χ1) is 11.6. The van der Waals surface area contributed by atoms with E-state index in [1.165, 1.54) is 6.21 Å². The molecule has 0 radical (unpaired) electrons. The number of hydrazone groups is 1. The Hall–Kier alpha value is -2.86. The van der Waals surface area contributed by atoms with Crippen LogP contribution in [0.3, 0.4) is 0 Å². The molecule has 3 rings (SSSR count). The fourth-order valence-corrected chi connectivity index (χ4v) is 2.52. The van der Waals surface area contributed by atoms with Crippen molar-refractivity contribution < 1.29 is 9.90 Å². The van der Waals surface area contributed by atoms with Crippen molar-refractivity contribution in [1.82, 2.24) is 9.99 Å². The van der Waals surface area contributed by atoms with Crippen LogP contribution in [0.25, 0.3) is 5.69 Å². The van der Waals surface area contributed by atoms with Crippen molar-refractivity contribution in [1.29, 1.82) is 0 Å². The maximum Gasteiger partial charge on any atom is 0.271 e. The Bertz CT molecular complexity index is 872. The van der Waals surface area contributed by atoms with Crippen LogP contribution in [-0.4, -0.2) is 21.8 Å². The molecule has 0 saturated carbocycles. The number of aromatic nitrogens is 1. The Labute approximate surface area is 147 Å². The zero-order chi connectivity index (χ0) is 16.9. The van der Waals surface area contributed by atoms with Crippen LogP contribution in [-0.2, 0) is 0 Å². The van der Waals surface area contributed by atoms with E-state index in [4.69, 9.17) is 0 Å². The van der Waals surface area contributed by atoms with Crippen LogP contribution in [0, 0.1) is 0 Å². The predicted octanol–water partition coefficient (Wildman–Crippen LogP) is 3.71. The van der Waals surface area contributed by atoms with Crippen LogP contribution in [0.5, 0.6) is 5.75 Å². The quantitative estimate of drug-likeness (QED) is 0.532. The summed E-state index contributed by atoms with van der Waals surface area (Å²) in [5.41, 5.74) is 4.43. The normalized spacial score (nSPS) is 10.9. The van der Waals surface area contributed by atoms with E-state index >= 15 is 0 Å². The highest BCUT2D eigenvalue weighted by atomic mass is 79.9. The molecule has 0 aliphatic carbocycles. The summed E-state index contributed by atoms with van der Waals surface area (Å²) in [5, 5.41) is 13.6. The number of phenolic OH excluding ortho intramolecular Hbond substituents is 1. The molecule has 1 amide bonds. The lowest BCUT2D eigenvalue weighted by Crippen LogP contribution is -2.17. The zero-order valence-corrected chi connectivity index (χ0v) is 14.1. The Morgan fingerprint density at radius 1 is 1.12 bits per heavy atom. The van der Waals surface area contributed by atoms with Crippen molar-refractivity contribution in [3.63, 3.8) is 0 Å². The minimum atomic E-state index is -0.320. The van der Waals surface area contributed by atoms with Gasteiger partial charge < -0.3 is 9.67 Å². The van der Waals surface area contributed by atoms with E-state index in [2.05, 4.69) is 26.5 Å². The maximum atomic E-state index is 12.1. The molecule has 0 bridgehead atoms. The first-order valence-corrected chi connectivity index (χ1v) is 7.98. The summed E-state index contributed by atoms with van der Waals surface area (Å²) >= 11 is 3.31. The van der Waals surface area contributed by atoms with Gasteiger partial charge in [0.05, 0.1) is 6.21 Å². The second-order valence-electron chi connectivity index (χ2n) is 5.04. The third kappa shape index (κ3) is 3.72. The molecule has 0 aliphatic rings. The molecule has 0 saturated heterocycles. The molecule has 120 valence electrons. The number of nitrogens with zero attached hydrogens (tertiary/aromatic N) is 2. The van der Waals surface area contributed by atoms with Gasteiger partial charge in [0.2, 0.25) is 0 Å². The van der Waals surface area contributed by atoms with Gasteiger partial charge in [-0.15, -0.1) is 0 Å². The van der Waals surface area contributed by atoms with E-state index in [-0.39, 0.29) is 11.7 Å². The van der Waals surface area contributed by atoms with Crippen LogP contribution in [0.1, 0.15) is 15.9 Å². The smallest absolute Gasteiger partial charge is 0.271 e. The third-order valence-electron chi connectivity index (χ3n) is 3.39. The molecule has 0 atom stereocenters.